The maximum absolute atomic E-state index is 5.58. The van der Waals surface area contributed by atoms with Gasteiger partial charge in [0.2, 0.25) is 0 Å². The summed E-state index contributed by atoms with van der Waals surface area (Å²) in [4.78, 5) is 3.27. The van der Waals surface area contributed by atoms with Crippen molar-refractivity contribution in [3.8, 4) is 0 Å². The summed E-state index contributed by atoms with van der Waals surface area (Å²) in [5, 5.41) is 0. The Labute approximate surface area is 120 Å². The monoisotopic (exact) mass is 269 g/mol. The maximum atomic E-state index is 5.58. The smallest absolute Gasteiger partial charge is 0.0826 e. The number of likely N-dealkylation sites (N-methyl/N-ethyl adjacent to an activating group) is 1. The van der Waals surface area contributed by atoms with Crippen LogP contribution in [-0.2, 0) is 13.0 Å². The Morgan fingerprint density at radius 2 is 1.42 bits per heavy atom. The molecule has 2 aromatic rings. The molecule has 98 valence electrons. The normalized spacial score (nSPS) is 10.2. The lowest BCUT2D eigenvalue weighted by molar-refractivity contribution is 0.437. The molecule has 0 aliphatic heterocycles. The van der Waals surface area contributed by atoms with Gasteiger partial charge in [-0.1, -0.05) is 72.9 Å². The summed E-state index contributed by atoms with van der Waals surface area (Å²) in [6.07, 6.45) is 0.844. The van der Waals surface area contributed by atoms with Crippen molar-refractivity contribution in [1.82, 2.24) is 4.90 Å². The van der Waals surface area contributed by atoms with Crippen LogP contribution in [0.2, 0.25) is 0 Å². The zero-order valence-corrected chi connectivity index (χ0v) is 12.1. The van der Waals surface area contributed by atoms with Crippen LogP contribution in [0.4, 0.5) is 0 Å². The van der Waals surface area contributed by atoms with Gasteiger partial charge in [0.25, 0.3) is 0 Å². The van der Waals surface area contributed by atoms with Crippen LogP contribution in [0.5, 0.6) is 0 Å². The van der Waals surface area contributed by atoms with Gasteiger partial charge in [0.1, 0.15) is 0 Å². The molecule has 2 heteroatoms. The highest BCUT2D eigenvalue weighted by Crippen LogP contribution is 2.09. The first-order chi connectivity index (χ1) is 9.29. The van der Waals surface area contributed by atoms with E-state index in [0.717, 1.165) is 24.5 Å². The molecule has 0 saturated carbocycles. The van der Waals surface area contributed by atoms with E-state index in [1.165, 1.54) is 11.1 Å². The SMILES string of the molecule is CCN(Cc1ccccc1)C(=S)Cc1ccccc1. The Balaban J connectivity index is 2.00. The summed E-state index contributed by atoms with van der Waals surface area (Å²) in [7, 11) is 0. The average Bonchev–Trinajstić information content (AvgIpc) is 2.47. The number of hydrogen-bond donors (Lipinski definition) is 0. The molecule has 0 aromatic heterocycles. The molecular formula is C17H19NS. The fourth-order valence-electron chi connectivity index (χ4n) is 2.06. The van der Waals surface area contributed by atoms with E-state index >= 15 is 0 Å². The lowest BCUT2D eigenvalue weighted by atomic mass is 10.1. The lowest BCUT2D eigenvalue weighted by Gasteiger charge is -2.24. The van der Waals surface area contributed by atoms with Crippen LogP contribution >= 0.6 is 12.2 Å². The molecule has 0 amide bonds. The van der Waals surface area contributed by atoms with Crippen LogP contribution < -0.4 is 0 Å². The Kier molecular flexibility index (Phi) is 5.10. The van der Waals surface area contributed by atoms with Gasteiger partial charge in [-0.15, -0.1) is 0 Å². The average molecular weight is 269 g/mol. The molecule has 0 atom stereocenters. The molecule has 0 aliphatic carbocycles. The van der Waals surface area contributed by atoms with E-state index in [-0.39, 0.29) is 0 Å². The molecule has 0 radical (unpaired) electrons. The van der Waals surface area contributed by atoms with Crippen molar-refractivity contribution in [2.75, 3.05) is 6.54 Å². The molecule has 2 rings (SSSR count). The third-order valence-electron chi connectivity index (χ3n) is 3.15. The Morgan fingerprint density at radius 1 is 0.895 bits per heavy atom. The standard InChI is InChI=1S/C17H19NS/c1-2-18(14-16-11-7-4-8-12-16)17(19)13-15-9-5-3-6-10-15/h3-12H,2,13-14H2,1H3. The first-order valence-electron chi connectivity index (χ1n) is 6.65. The van der Waals surface area contributed by atoms with Crippen molar-refractivity contribution < 1.29 is 0 Å². The second kappa shape index (κ2) is 7.05. The molecular weight excluding hydrogens is 250 g/mol. The Morgan fingerprint density at radius 3 is 1.95 bits per heavy atom. The summed E-state index contributed by atoms with van der Waals surface area (Å²) in [6, 6.07) is 20.9. The molecule has 0 spiro atoms. The van der Waals surface area contributed by atoms with Crippen molar-refractivity contribution in [2.45, 2.75) is 19.9 Å². The second-order valence-corrected chi connectivity index (χ2v) is 5.03. The summed E-state index contributed by atoms with van der Waals surface area (Å²) < 4.78 is 0. The van der Waals surface area contributed by atoms with Crippen molar-refractivity contribution in [3.05, 3.63) is 71.8 Å². The number of rotatable bonds is 5. The fraction of sp³-hybridized carbons (Fsp3) is 0.235. The van der Waals surface area contributed by atoms with Crippen LogP contribution in [0.25, 0.3) is 0 Å². The lowest BCUT2D eigenvalue weighted by Crippen LogP contribution is -2.30. The van der Waals surface area contributed by atoms with Gasteiger partial charge in [-0.2, -0.15) is 0 Å². The van der Waals surface area contributed by atoms with Crippen LogP contribution in [-0.4, -0.2) is 16.4 Å². The van der Waals surface area contributed by atoms with Crippen molar-refractivity contribution in [2.24, 2.45) is 0 Å². The number of thiocarbonyl (C=S) groups is 1. The Hall–Kier alpha value is -1.67. The molecule has 19 heavy (non-hydrogen) atoms. The van der Waals surface area contributed by atoms with Gasteiger partial charge in [-0.3, -0.25) is 0 Å². The van der Waals surface area contributed by atoms with Crippen LogP contribution in [0.3, 0.4) is 0 Å². The minimum atomic E-state index is 0.844. The molecule has 0 N–H and O–H groups in total. The highest BCUT2D eigenvalue weighted by atomic mass is 32.1. The van der Waals surface area contributed by atoms with E-state index in [1.54, 1.807) is 0 Å². The fourth-order valence-corrected chi connectivity index (χ4v) is 2.42. The van der Waals surface area contributed by atoms with E-state index in [9.17, 15) is 0 Å². The minimum Gasteiger partial charge on any atom is -0.362 e. The van der Waals surface area contributed by atoms with Gasteiger partial charge in [0.15, 0.2) is 0 Å². The zero-order chi connectivity index (χ0) is 13.5. The quantitative estimate of drug-likeness (QED) is 0.752. The number of nitrogens with zero attached hydrogens (tertiary/aromatic N) is 1. The molecule has 0 bridgehead atoms. The van der Waals surface area contributed by atoms with Crippen molar-refractivity contribution in [3.63, 3.8) is 0 Å². The maximum Gasteiger partial charge on any atom is 0.0826 e. The Bertz CT molecular complexity index is 507. The van der Waals surface area contributed by atoms with Gasteiger partial charge in [-0.25, -0.2) is 0 Å². The van der Waals surface area contributed by atoms with E-state index in [2.05, 4.69) is 60.4 Å². The third-order valence-corrected chi connectivity index (χ3v) is 3.55. The van der Waals surface area contributed by atoms with Crippen molar-refractivity contribution >= 4 is 17.2 Å². The first kappa shape index (κ1) is 13.8. The van der Waals surface area contributed by atoms with Crippen LogP contribution in [0.15, 0.2) is 60.7 Å². The number of benzene rings is 2. The molecule has 0 unspecified atom stereocenters. The summed E-state index contributed by atoms with van der Waals surface area (Å²) in [5.41, 5.74) is 2.58. The zero-order valence-electron chi connectivity index (χ0n) is 11.3. The van der Waals surface area contributed by atoms with E-state index in [4.69, 9.17) is 12.2 Å². The molecule has 0 heterocycles. The molecule has 1 nitrogen and oxygen atoms in total. The molecule has 2 aromatic carbocycles. The van der Waals surface area contributed by atoms with E-state index in [0.29, 0.717) is 0 Å². The molecule has 0 fully saturated rings. The number of hydrogen-bond acceptors (Lipinski definition) is 1. The van der Waals surface area contributed by atoms with Crippen molar-refractivity contribution in [1.29, 1.82) is 0 Å². The second-order valence-electron chi connectivity index (χ2n) is 4.56. The topological polar surface area (TPSA) is 3.24 Å². The van der Waals surface area contributed by atoms with Crippen LogP contribution in [0, 0.1) is 0 Å². The van der Waals surface area contributed by atoms with Crippen LogP contribution in [0.1, 0.15) is 18.1 Å². The van der Waals surface area contributed by atoms with Gasteiger partial charge >= 0.3 is 0 Å². The molecule has 0 saturated heterocycles. The predicted octanol–water partition coefficient (Wildman–Crippen LogP) is 4.08. The van der Waals surface area contributed by atoms with Gasteiger partial charge in [0.05, 0.1) is 4.99 Å². The summed E-state index contributed by atoms with van der Waals surface area (Å²) in [5.74, 6) is 0. The predicted molar refractivity (Wildman–Crippen MR) is 85.3 cm³/mol. The summed E-state index contributed by atoms with van der Waals surface area (Å²) >= 11 is 5.58. The third kappa shape index (κ3) is 4.18. The first-order valence-corrected chi connectivity index (χ1v) is 7.06. The van der Waals surface area contributed by atoms with Gasteiger partial charge < -0.3 is 4.90 Å². The van der Waals surface area contributed by atoms with Gasteiger partial charge in [-0.05, 0) is 18.1 Å². The van der Waals surface area contributed by atoms with E-state index < -0.39 is 0 Å². The largest absolute Gasteiger partial charge is 0.362 e. The molecule has 0 aliphatic rings. The summed E-state index contributed by atoms with van der Waals surface area (Å²) in [6.45, 7) is 3.99. The minimum absolute atomic E-state index is 0.844. The highest BCUT2D eigenvalue weighted by molar-refractivity contribution is 7.80. The highest BCUT2D eigenvalue weighted by Gasteiger charge is 2.08. The van der Waals surface area contributed by atoms with Gasteiger partial charge in [0, 0.05) is 19.5 Å². The van der Waals surface area contributed by atoms with E-state index in [1.807, 2.05) is 12.1 Å².